The molecule has 12 heteroatoms. The van der Waals surface area contributed by atoms with E-state index in [0.717, 1.165) is 122 Å². The van der Waals surface area contributed by atoms with E-state index in [0.29, 0.717) is 11.4 Å². The molecule has 0 spiro atoms. The number of rotatable bonds is 8. The van der Waals surface area contributed by atoms with E-state index in [1.807, 2.05) is 131 Å². The number of aromatic nitrogens is 2. The molecule has 0 radical (unpaired) electrons. The molecule has 2 aromatic heterocycles. The maximum Gasteiger partial charge on any atom is 0.411 e. The number of fused-ring (bicyclic) bond motifs is 4. The normalized spacial score (nSPS) is 15.7. The highest BCUT2D eigenvalue weighted by atomic mass is 16.6. The third-order valence-electron chi connectivity index (χ3n) is 12.8. The number of nitrogens with zero attached hydrogens (tertiary/aromatic N) is 4. The predicted octanol–water partition coefficient (Wildman–Crippen LogP) is 11.3. The van der Waals surface area contributed by atoms with Crippen molar-refractivity contribution in [3.63, 3.8) is 0 Å². The fourth-order valence-electron chi connectivity index (χ4n) is 9.53. The zero-order chi connectivity index (χ0) is 44.5. The first-order chi connectivity index (χ1) is 31.8. The number of aryl methyl sites for hydroxylation is 4. The highest BCUT2D eigenvalue weighted by Gasteiger charge is 2.29. The summed E-state index contributed by atoms with van der Waals surface area (Å²) in [5, 5.41) is 5.75. The zero-order valence-electron chi connectivity index (χ0n) is 36.7. The smallest absolute Gasteiger partial charge is 0.411 e. The van der Waals surface area contributed by atoms with Gasteiger partial charge in [0.2, 0.25) is 0 Å². The van der Waals surface area contributed by atoms with Crippen LogP contribution in [-0.4, -0.2) is 45.3 Å². The Morgan fingerprint density at radius 3 is 1.23 bits per heavy atom. The Labute approximate surface area is 380 Å². The molecule has 334 valence electrons. The molecule has 10 rings (SSSR count). The van der Waals surface area contributed by atoms with E-state index in [4.69, 9.17) is 9.47 Å². The molecule has 4 aliphatic rings. The van der Waals surface area contributed by atoms with Gasteiger partial charge in [-0.25, -0.2) is 9.59 Å². The summed E-state index contributed by atoms with van der Waals surface area (Å²) >= 11 is 0. The Morgan fingerprint density at radius 2 is 0.815 bits per heavy atom. The molecule has 0 saturated heterocycles. The number of hydrogen-bond acceptors (Lipinski definition) is 6. The molecule has 2 aliphatic carbocycles. The molecule has 65 heavy (non-hydrogen) atoms. The lowest BCUT2D eigenvalue weighted by Gasteiger charge is -2.26. The Morgan fingerprint density at radius 1 is 0.446 bits per heavy atom. The van der Waals surface area contributed by atoms with Crippen molar-refractivity contribution in [3.05, 3.63) is 156 Å². The Bertz CT molecular complexity index is 2610. The predicted molar refractivity (Wildman–Crippen MR) is 253 cm³/mol. The summed E-state index contributed by atoms with van der Waals surface area (Å²) in [6.45, 7) is 0.476. The summed E-state index contributed by atoms with van der Waals surface area (Å²) in [6, 6.07) is 35.3. The second kappa shape index (κ2) is 20.2. The number of amides is 4. The van der Waals surface area contributed by atoms with Crippen LogP contribution in [0.15, 0.2) is 134 Å². The molecule has 4 heterocycles. The first-order valence-electron chi connectivity index (χ1n) is 23.1. The first-order valence-corrected chi connectivity index (χ1v) is 23.1. The van der Waals surface area contributed by atoms with Gasteiger partial charge in [0.25, 0.3) is 11.8 Å². The minimum atomic E-state index is -0.434. The van der Waals surface area contributed by atoms with Crippen molar-refractivity contribution in [3.8, 4) is 0 Å². The molecular weight excluding hydrogens is 817 g/mol. The van der Waals surface area contributed by atoms with Crippen molar-refractivity contribution in [2.24, 2.45) is 0 Å². The standard InChI is InChI=1S/C27H29N3O3.C26H27N3O3/c31-26(19-29-16-6-7-17-29)30-24-11-5-4-8-20(24)12-13-21-14-15-22(18-25(21)30)28-27(32)33-23-9-2-1-3-10-23;30-25(18-28-15-5-6-16-28)29-23-10-4-1-7-19(23)11-12-20-13-14-21(17-24(20)29)27-26(31)32-22-8-2-3-9-22/h4-8,11,14-18,23H,1-3,9-10,12-13,19H2,(H,28,32);1,4-7,10,13-17,22H,2-3,8-9,11-12,18H2,(H,27,31). The lowest BCUT2D eigenvalue weighted by Crippen LogP contribution is -2.30. The van der Waals surface area contributed by atoms with Crippen LogP contribution < -0.4 is 20.4 Å². The molecule has 4 aromatic carbocycles. The summed E-state index contributed by atoms with van der Waals surface area (Å²) in [6.07, 6.45) is 19.4. The second-order valence-corrected chi connectivity index (χ2v) is 17.3. The number of para-hydroxylation sites is 2. The number of ether oxygens (including phenoxy) is 2. The minimum Gasteiger partial charge on any atom is -0.446 e. The Hall–Kier alpha value is -7.08. The summed E-state index contributed by atoms with van der Waals surface area (Å²) in [5.41, 5.74) is 9.12. The SMILES string of the molecule is O=C(Nc1ccc2c(c1)N(C(=O)Cn1cccc1)c1ccccc1CC2)OC1CCCC1.O=C(Nc1ccc2c(c1)N(C(=O)Cn1cccc1)c1ccccc1CC2)OC1CCCCC1. The van der Waals surface area contributed by atoms with Crippen molar-refractivity contribution >= 4 is 58.1 Å². The fraction of sp³-hybridized carbons (Fsp3) is 0.321. The van der Waals surface area contributed by atoms with Gasteiger partial charge in [-0.15, -0.1) is 0 Å². The Balaban J connectivity index is 0.000000164. The number of anilines is 6. The molecule has 6 aromatic rings. The van der Waals surface area contributed by atoms with Gasteiger partial charge in [0.1, 0.15) is 25.3 Å². The van der Waals surface area contributed by atoms with Gasteiger partial charge >= 0.3 is 12.2 Å². The third kappa shape index (κ3) is 10.5. The molecule has 0 atom stereocenters. The molecule has 12 nitrogen and oxygen atoms in total. The lowest BCUT2D eigenvalue weighted by molar-refractivity contribution is -0.119. The van der Waals surface area contributed by atoms with E-state index >= 15 is 0 Å². The van der Waals surface area contributed by atoms with Crippen molar-refractivity contribution in [1.29, 1.82) is 0 Å². The van der Waals surface area contributed by atoms with Crippen molar-refractivity contribution in [1.82, 2.24) is 9.13 Å². The second-order valence-electron chi connectivity index (χ2n) is 17.3. The average molecular weight is 873 g/mol. The number of hydrogen-bond donors (Lipinski definition) is 2. The molecule has 2 N–H and O–H groups in total. The van der Waals surface area contributed by atoms with Gasteiger partial charge in [-0.3, -0.25) is 30.0 Å². The molecule has 0 bridgehead atoms. The molecular formula is C53H56N6O6. The maximum atomic E-state index is 13.5. The number of nitrogens with one attached hydrogen (secondary N) is 2. The van der Waals surface area contributed by atoms with Crippen LogP contribution in [-0.2, 0) is 57.8 Å². The number of carbonyl (C=O) groups excluding carboxylic acids is 4. The monoisotopic (exact) mass is 872 g/mol. The molecule has 0 unspecified atom stereocenters. The lowest BCUT2D eigenvalue weighted by atomic mass is 9.98. The topological polar surface area (TPSA) is 127 Å². The van der Waals surface area contributed by atoms with Gasteiger partial charge in [-0.05, 0) is 160 Å². The van der Waals surface area contributed by atoms with Gasteiger partial charge in [-0.2, -0.15) is 0 Å². The van der Waals surface area contributed by atoms with E-state index in [2.05, 4.69) is 22.8 Å². The highest BCUT2D eigenvalue weighted by molar-refractivity contribution is 6.04. The van der Waals surface area contributed by atoms with Crippen molar-refractivity contribution in [2.75, 3.05) is 20.4 Å². The Kier molecular flexibility index (Phi) is 13.4. The first kappa shape index (κ1) is 43.2. The summed E-state index contributed by atoms with van der Waals surface area (Å²) in [7, 11) is 0. The van der Waals surface area contributed by atoms with Crippen LogP contribution in [0, 0.1) is 0 Å². The van der Waals surface area contributed by atoms with Gasteiger partial charge < -0.3 is 18.6 Å². The summed E-state index contributed by atoms with van der Waals surface area (Å²) in [5.74, 6) is -0.0498. The summed E-state index contributed by atoms with van der Waals surface area (Å²) in [4.78, 5) is 55.6. The van der Waals surface area contributed by atoms with Gasteiger partial charge in [0.15, 0.2) is 0 Å². The van der Waals surface area contributed by atoms with E-state index in [9.17, 15) is 19.2 Å². The molecule has 4 amide bonds. The third-order valence-corrected chi connectivity index (χ3v) is 12.8. The van der Waals surface area contributed by atoms with Crippen LogP contribution in [0.3, 0.4) is 0 Å². The summed E-state index contributed by atoms with van der Waals surface area (Å²) < 4.78 is 14.9. The van der Waals surface area contributed by atoms with E-state index in [-0.39, 0.29) is 37.1 Å². The minimum absolute atomic E-state index is 0.00218. The fourth-order valence-corrected chi connectivity index (χ4v) is 9.53. The van der Waals surface area contributed by atoms with Crippen LogP contribution in [0.2, 0.25) is 0 Å². The van der Waals surface area contributed by atoms with E-state index in [1.54, 1.807) is 9.80 Å². The molecule has 2 aliphatic heterocycles. The molecule has 2 fully saturated rings. The van der Waals surface area contributed by atoms with Gasteiger partial charge in [0.05, 0.1) is 22.7 Å². The van der Waals surface area contributed by atoms with E-state index < -0.39 is 12.2 Å². The number of benzene rings is 4. The van der Waals surface area contributed by atoms with Crippen molar-refractivity contribution < 1.29 is 28.7 Å². The van der Waals surface area contributed by atoms with Crippen molar-refractivity contribution in [2.45, 2.75) is 109 Å². The molecule has 2 saturated carbocycles. The average Bonchev–Trinajstić information content (AvgIpc) is 4.11. The maximum absolute atomic E-state index is 13.5. The highest BCUT2D eigenvalue weighted by Crippen LogP contribution is 2.40. The van der Waals surface area contributed by atoms with Gasteiger partial charge in [-0.1, -0.05) is 55.0 Å². The van der Waals surface area contributed by atoms with Crippen LogP contribution >= 0.6 is 0 Å². The van der Waals surface area contributed by atoms with Crippen LogP contribution in [0.5, 0.6) is 0 Å². The number of carbonyl (C=O) groups is 4. The largest absolute Gasteiger partial charge is 0.446 e. The van der Waals surface area contributed by atoms with Gasteiger partial charge in [0, 0.05) is 36.2 Å². The quantitative estimate of drug-likeness (QED) is 0.157. The van der Waals surface area contributed by atoms with Crippen LogP contribution in [0.1, 0.15) is 80.0 Å². The van der Waals surface area contributed by atoms with Crippen LogP contribution in [0.4, 0.5) is 43.7 Å². The van der Waals surface area contributed by atoms with Crippen LogP contribution in [0.25, 0.3) is 0 Å². The zero-order valence-corrected chi connectivity index (χ0v) is 36.7. The van der Waals surface area contributed by atoms with E-state index in [1.165, 1.54) is 6.42 Å².